The lowest BCUT2D eigenvalue weighted by Gasteiger charge is -2.40. The van der Waals surface area contributed by atoms with E-state index in [1.807, 2.05) is 23.1 Å². The summed E-state index contributed by atoms with van der Waals surface area (Å²) >= 11 is 0. The summed E-state index contributed by atoms with van der Waals surface area (Å²) in [5.41, 5.74) is 0.975. The first kappa shape index (κ1) is 18.0. The molecule has 2 heterocycles. The third-order valence-electron chi connectivity index (χ3n) is 5.26. The monoisotopic (exact) mass is 347 g/mol. The van der Waals surface area contributed by atoms with E-state index in [1.165, 1.54) is 0 Å². The first-order valence-electron chi connectivity index (χ1n) is 9.13. The Balaban J connectivity index is 1.96. The van der Waals surface area contributed by atoms with E-state index < -0.39 is 0 Å². The minimum absolute atomic E-state index is 0.207. The number of hydrogen-bond acceptors (Lipinski definition) is 5. The Morgan fingerprint density at radius 1 is 1.16 bits per heavy atom. The second-order valence-electron chi connectivity index (χ2n) is 6.84. The molecule has 6 nitrogen and oxygen atoms in total. The summed E-state index contributed by atoms with van der Waals surface area (Å²) in [5.74, 6) is 1.56. The average molecular weight is 347 g/mol. The normalized spacial score (nSPS) is 22.7. The van der Waals surface area contributed by atoms with E-state index in [2.05, 4.69) is 17.1 Å². The molecule has 1 aromatic carbocycles. The van der Waals surface area contributed by atoms with E-state index in [-0.39, 0.29) is 11.9 Å². The number of ether oxygens (including phenoxy) is 2. The van der Waals surface area contributed by atoms with Crippen molar-refractivity contribution in [2.24, 2.45) is 0 Å². The third-order valence-corrected chi connectivity index (χ3v) is 5.26. The molecule has 0 saturated carbocycles. The molecule has 2 aliphatic heterocycles. The molecule has 1 amide bonds. The molecular formula is C19H29N3O3. The highest BCUT2D eigenvalue weighted by Gasteiger charge is 2.36. The van der Waals surface area contributed by atoms with Gasteiger partial charge in [0.1, 0.15) is 6.04 Å². The standard InChI is InChI=1S/C19H29N3O3/c1-14-13-20-8-11-22(14)18(19(23)21-9-4-5-10-21)15-6-7-16(24-2)17(12-15)25-3/h6-7,12,14,18,20H,4-5,8-11,13H2,1-3H3. The van der Waals surface area contributed by atoms with E-state index in [9.17, 15) is 4.79 Å². The summed E-state index contributed by atoms with van der Waals surface area (Å²) in [7, 11) is 3.26. The van der Waals surface area contributed by atoms with Crippen LogP contribution in [0.3, 0.4) is 0 Å². The molecule has 0 aliphatic carbocycles. The molecule has 0 radical (unpaired) electrons. The minimum atomic E-state index is -0.269. The van der Waals surface area contributed by atoms with Crippen LogP contribution in [0, 0.1) is 0 Å². The number of nitrogens with one attached hydrogen (secondary N) is 1. The fourth-order valence-electron chi connectivity index (χ4n) is 3.85. The lowest BCUT2D eigenvalue weighted by molar-refractivity contribution is -0.137. The second kappa shape index (κ2) is 8.06. The van der Waals surface area contributed by atoms with Crippen LogP contribution in [0.25, 0.3) is 0 Å². The Bertz CT molecular complexity index is 602. The van der Waals surface area contributed by atoms with Gasteiger partial charge in [-0.05, 0) is 37.5 Å². The number of nitrogens with zero attached hydrogens (tertiary/aromatic N) is 2. The molecule has 2 fully saturated rings. The van der Waals surface area contributed by atoms with E-state index in [0.29, 0.717) is 17.5 Å². The van der Waals surface area contributed by atoms with Crippen molar-refractivity contribution in [2.45, 2.75) is 31.8 Å². The van der Waals surface area contributed by atoms with Crippen molar-refractivity contribution in [3.63, 3.8) is 0 Å². The number of carbonyl (C=O) groups is 1. The number of likely N-dealkylation sites (tertiary alicyclic amines) is 1. The molecule has 2 atom stereocenters. The maximum atomic E-state index is 13.3. The second-order valence-corrected chi connectivity index (χ2v) is 6.84. The summed E-state index contributed by atoms with van der Waals surface area (Å²) in [5, 5.41) is 3.41. The maximum absolute atomic E-state index is 13.3. The van der Waals surface area contributed by atoms with Gasteiger partial charge < -0.3 is 19.7 Å². The maximum Gasteiger partial charge on any atom is 0.244 e. The molecule has 0 spiro atoms. The van der Waals surface area contributed by atoms with Crippen LogP contribution in [-0.2, 0) is 4.79 Å². The molecule has 3 rings (SSSR count). The van der Waals surface area contributed by atoms with Crippen LogP contribution in [0.1, 0.15) is 31.4 Å². The smallest absolute Gasteiger partial charge is 0.244 e. The predicted molar refractivity (Wildman–Crippen MR) is 97.1 cm³/mol. The van der Waals surface area contributed by atoms with Gasteiger partial charge in [-0.3, -0.25) is 9.69 Å². The Morgan fingerprint density at radius 3 is 2.52 bits per heavy atom. The van der Waals surface area contributed by atoms with Crippen LogP contribution in [0.5, 0.6) is 11.5 Å². The number of hydrogen-bond donors (Lipinski definition) is 1. The fourth-order valence-corrected chi connectivity index (χ4v) is 3.85. The molecule has 2 saturated heterocycles. The molecular weight excluding hydrogens is 318 g/mol. The summed E-state index contributed by atoms with van der Waals surface area (Å²) in [6.45, 7) is 6.57. The number of benzene rings is 1. The van der Waals surface area contributed by atoms with Crippen molar-refractivity contribution in [1.29, 1.82) is 0 Å². The van der Waals surface area contributed by atoms with Gasteiger partial charge in [0, 0.05) is 38.8 Å². The average Bonchev–Trinajstić information content (AvgIpc) is 3.18. The molecule has 138 valence electrons. The highest BCUT2D eigenvalue weighted by Crippen LogP contribution is 2.34. The molecule has 2 aliphatic rings. The van der Waals surface area contributed by atoms with E-state index in [0.717, 1.165) is 51.1 Å². The Hall–Kier alpha value is -1.79. The molecule has 2 unspecified atom stereocenters. The number of methoxy groups -OCH3 is 2. The first-order chi connectivity index (χ1) is 12.2. The van der Waals surface area contributed by atoms with Gasteiger partial charge in [0.05, 0.1) is 14.2 Å². The van der Waals surface area contributed by atoms with Gasteiger partial charge in [-0.25, -0.2) is 0 Å². The zero-order chi connectivity index (χ0) is 17.8. The first-order valence-corrected chi connectivity index (χ1v) is 9.13. The SMILES string of the molecule is COc1ccc(C(C(=O)N2CCCC2)N2CCNCC2C)cc1OC. The van der Waals surface area contributed by atoms with Gasteiger partial charge in [-0.1, -0.05) is 6.07 Å². The van der Waals surface area contributed by atoms with Crippen LogP contribution in [0.15, 0.2) is 18.2 Å². The third kappa shape index (κ3) is 3.75. The highest BCUT2D eigenvalue weighted by atomic mass is 16.5. The molecule has 0 aromatic heterocycles. The number of carbonyl (C=O) groups excluding carboxylic acids is 1. The fraction of sp³-hybridized carbons (Fsp3) is 0.632. The largest absolute Gasteiger partial charge is 0.493 e. The topological polar surface area (TPSA) is 54.0 Å². The summed E-state index contributed by atoms with van der Waals surface area (Å²) in [6.07, 6.45) is 2.20. The van der Waals surface area contributed by atoms with Gasteiger partial charge in [0.25, 0.3) is 0 Å². The lowest BCUT2D eigenvalue weighted by atomic mass is 10.00. The Labute approximate surface area is 150 Å². The molecule has 1 aromatic rings. The summed E-state index contributed by atoms with van der Waals surface area (Å²) < 4.78 is 10.8. The van der Waals surface area contributed by atoms with Crippen molar-refractivity contribution in [1.82, 2.24) is 15.1 Å². The molecule has 1 N–H and O–H groups in total. The van der Waals surface area contributed by atoms with Gasteiger partial charge in [-0.15, -0.1) is 0 Å². The molecule has 6 heteroatoms. The van der Waals surface area contributed by atoms with Crippen LogP contribution in [-0.4, -0.2) is 68.7 Å². The van der Waals surface area contributed by atoms with Crippen LogP contribution >= 0.6 is 0 Å². The summed E-state index contributed by atoms with van der Waals surface area (Å²) in [4.78, 5) is 17.7. The van der Waals surface area contributed by atoms with Crippen LogP contribution in [0.2, 0.25) is 0 Å². The van der Waals surface area contributed by atoms with Crippen molar-refractivity contribution in [2.75, 3.05) is 46.9 Å². The van der Waals surface area contributed by atoms with E-state index in [1.54, 1.807) is 14.2 Å². The molecule has 0 bridgehead atoms. The minimum Gasteiger partial charge on any atom is -0.493 e. The van der Waals surface area contributed by atoms with Crippen LogP contribution in [0.4, 0.5) is 0 Å². The highest BCUT2D eigenvalue weighted by molar-refractivity contribution is 5.84. The quantitative estimate of drug-likeness (QED) is 0.878. The lowest BCUT2D eigenvalue weighted by Crippen LogP contribution is -2.54. The van der Waals surface area contributed by atoms with Crippen molar-refractivity contribution < 1.29 is 14.3 Å². The number of amides is 1. The summed E-state index contributed by atoms with van der Waals surface area (Å²) in [6, 6.07) is 5.88. The predicted octanol–water partition coefficient (Wildman–Crippen LogP) is 1.66. The number of piperazine rings is 1. The van der Waals surface area contributed by atoms with E-state index >= 15 is 0 Å². The van der Waals surface area contributed by atoms with Crippen molar-refractivity contribution in [3.05, 3.63) is 23.8 Å². The van der Waals surface area contributed by atoms with Gasteiger partial charge in [-0.2, -0.15) is 0 Å². The molecule has 25 heavy (non-hydrogen) atoms. The van der Waals surface area contributed by atoms with Crippen LogP contribution < -0.4 is 14.8 Å². The Morgan fingerprint density at radius 2 is 1.88 bits per heavy atom. The van der Waals surface area contributed by atoms with Crippen molar-refractivity contribution >= 4 is 5.91 Å². The van der Waals surface area contributed by atoms with Gasteiger partial charge in [0.2, 0.25) is 5.91 Å². The van der Waals surface area contributed by atoms with Gasteiger partial charge in [0.15, 0.2) is 11.5 Å². The van der Waals surface area contributed by atoms with E-state index in [4.69, 9.17) is 9.47 Å². The van der Waals surface area contributed by atoms with Crippen molar-refractivity contribution in [3.8, 4) is 11.5 Å². The van der Waals surface area contributed by atoms with Gasteiger partial charge >= 0.3 is 0 Å². The zero-order valence-corrected chi connectivity index (χ0v) is 15.5. The Kier molecular flexibility index (Phi) is 5.81. The zero-order valence-electron chi connectivity index (χ0n) is 15.5. The number of rotatable bonds is 5.